The Morgan fingerprint density at radius 1 is 0.326 bits per heavy atom. The third kappa shape index (κ3) is 4.60. The molecule has 0 amide bonds. The lowest BCUT2D eigenvalue weighted by Gasteiger charge is -2.15. The molecule has 0 unspecified atom stereocenters. The molecule has 0 aliphatic heterocycles. The Bertz CT molecular complexity index is 2100. The van der Waals surface area contributed by atoms with Crippen LogP contribution in [0, 0.1) is 0 Å². The first-order chi connectivity index (χ1) is 21.3. The van der Waals surface area contributed by atoms with Crippen LogP contribution in [0.3, 0.4) is 0 Å². The van der Waals surface area contributed by atoms with Crippen molar-refractivity contribution >= 4 is 21.8 Å². The lowest BCUT2D eigenvalue weighted by molar-refractivity contribution is 1.18. The third-order valence-electron chi connectivity index (χ3n) is 8.16. The van der Waals surface area contributed by atoms with Gasteiger partial charge in [0.15, 0.2) is 0 Å². The van der Waals surface area contributed by atoms with Gasteiger partial charge in [-0.3, -0.25) is 0 Å². The van der Waals surface area contributed by atoms with Crippen molar-refractivity contribution in [2.45, 2.75) is 0 Å². The Kier molecular flexibility index (Phi) is 6.16. The Morgan fingerprint density at radius 3 is 1.23 bits per heavy atom. The minimum atomic E-state index is 0.959. The molecule has 0 spiro atoms. The molecule has 2 nitrogen and oxygen atoms in total. The number of aromatic nitrogens is 2. The van der Waals surface area contributed by atoms with Gasteiger partial charge < -0.3 is 4.57 Å². The summed E-state index contributed by atoms with van der Waals surface area (Å²) < 4.78 is 2.40. The standard InChI is InChI=1S/C41H28N2/c1-4-14-29(15-5-1)32-24-33(26-35(25-32)43-40-22-12-10-20-36(40)37-21-11-13-23-41(37)43)34-27-38(30-16-6-2-7-17-30)42-39(28-34)31-18-8-3-9-19-31/h1-28H. The first-order valence-corrected chi connectivity index (χ1v) is 14.6. The number of para-hydroxylation sites is 2. The molecule has 0 N–H and O–H groups in total. The molecule has 0 fully saturated rings. The number of nitrogens with zero attached hydrogens (tertiary/aromatic N) is 2. The number of benzene rings is 6. The minimum absolute atomic E-state index is 0.959. The largest absolute Gasteiger partial charge is 0.309 e. The summed E-state index contributed by atoms with van der Waals surface area (Å²) in [6.07, 6.45) is 0. The molecule has 0 aliphatic carbocycles. The second-order valence-corrected chi connectivity index (χ2v) is 10.9. The molecule has 0 saturated carbocycles. The number of rotatable bonds is 5. The van der Waals surface area contributed by atoms with Gasteiger partial charge in [-0.25, -0.2) is 4.98 Å². The number of fused-ring (bicyclic) bond motifs is 3. The van der Waals surface area contributed by atoms with E-state index in [0.29, 0.717) is 0 Å². The number of hydrogen-bond donors (Lipinski definition) is 0. The normalized spacial score (nSPS) is 11.3. The Hall–Kier alpha value is -5.73. The summed E-state index contributed by atoms with van der Waals surface area (Å²) in [6.45, 7) is 0. The highest BCUT2D eigenvalue weighted by atomic mass is 15.0. The van der Waals surface area contributed by atoms with Gasteiger partial charge in [0.2, 0.25) is 0 Å². The fourth-order valence-corrected chi connectivity index (χ4v) is 6.12. The van der Waals surface area contributed by atoms with Gasteiger partial charge in [0.1, 0.15) is 0 Å². The van der Waals surface area contributed by atoms with Crippen molar-refractivity contribution in [1.82, 2.24) is 9.55 Å². The van der Waals surface area contributed by atoms with E-state index in [2.05, 4.69) is 162 Å². The lowest BCUT2D eigenvalue weighted by Crippen LogP contribution is -1.97. The monoisotopic (exact) mass is 548 g/mol. The van der Waals surface area contributed by atoms with Crippen LogP contribution in [-0.4, -0.2) is 9.55 Å². The van der Waals surface area contributed by atoms with E-state index in [1.165, 1.54) is 32.9 Å². The van der Waals surface area contributed by atoms with Gasteiger partial charge in [0.25, 0.3) is 0 Å². The molecule has 43 heavy (non-hydrogen) atoms. The Balaban J connectivity index is 1.42. The predicted molar refractivity (Wildman–Crippen MR) is 180 cm³/mol. The van der Waals surface area contributed by atoms with Crippen LogP contribution in [0.2, 0.25) is 0 Å². The first kappa shape index (κ1) is 25.0. The maximum atomic E-state index is 5.13. The molecule has 0 bridgehead atoms. The van der Waals surface area contributed by atoms with Gasteiger partial charge >= 0.3 is 0 Å². The molecule has 202 valence electrons. The molecule has 0 atom stereocenters. The van der Waals surface area contributed by atoms with Crippen molar-refractivity contribution in [1.29, 1.82) is 0 Å². The summed E-state index contributed by atoms with van der Waals surface area (Å²) in [5.74, 6) is 0. The van der Waals surface area contributed by atoms with Crippen LogP contribution < -0.4 is 0 Å². The predicted octanol–water partition coefficient (Wildman–Crippen LogP) is 10.8. The zero-order chi connectivity index (χ0) is 28.6. The van der Waals surface area contributed by atoms with Crippen molar-refractivity contribution in [3.8, 4) is 50.5 Å². The van der Waals surface area contributed by atoms with Crippen molar-refractivity contribution in [3.05, 3.63) is 170 Å². The molecule has 8 aromatic rings. The molecule has 0 saturated heterocycles. The lowest BCUT2D eigenvalue weighted by atomic mass is 9.95. The number of pyridine rings is 1. The highest BCUT2D eigenvalue weighted by Gasteiger charge is 2.15. The average Bonchev–Trinajstić information content (AvgIpc) is 3.43. The van der Waals surface area contributed by atoms with E-state index in [9.17, 15) is 0 Å². The first-order valence-electron chi connectivity index (χ1n) is 14.6. The second-order valence-electron chi connectivity index (χ2n) is 10.9. The molecular weight excluding hydrogens is 520 g/mol. The van der Waals surface area contributed by atoms with E-state index in [1.807, 2.05) is 12.1 Å². The molecule has 0 radical (unpaired) electrons. The van der Waals surface area contributed by atoms with Crippen molar-refractivity contribution < 1.29 is 0 Å². The van der Waals surface area contributed by atoms with Crippen LogP contribution in [-0.2, 0) is 0 Å². The van der Waals surface area contributed by atoms with Crippen LogP contribution in [0.4, 0.5) is 0 Å². The molecular formula is C41H28N2. The van der Waals surface area contributed by atoms with Gasteiger partial charge in [0, 0.05) is 27.6 Å². The highest BCUT2D eigenvalue weighted by molar-refractivity contribution is 6.09. The number of hydrogen-bond acceptors (Lipinski definition) is 1. The average molecular weight is 549 g/mol. The Morgan fingerprint density at radius 2 is 0.721 bits per heavy atom. The van der Waals surface area contributed by atoms with E-state index in [4.69, 9.17) is 4.98 Å². The SMILES string of the molecule is c1ccc(-c2cc(-c3cc(-c4ccccc4)nc(-c4ccccc4)c3)cc(-n3c4ccccc4c4ccccc43)c2)cc1. The van der Waals surface area contributed by atoms with Gasteiger partial charge in [-0.05, 0) is 64.7 Å². The van der Waals surface area contributed by atoms with Crippen LogP contribution in [0.25, 0.3) is 72.3 Å². The quantitative estimate of drug-likeness (QED) is 0.209. The van der Waals surface area contributed by atoms with E-state index >= 15 is 0 Å². The van der Waals surface area contributed by atoms with Crippen LogP contribution in [0.5, 0.6) is 0 Å². The summed E-state index contributed by atoms with van der Waals surface area (Å²) in [5, 5.41) is 2.51. The smallest absolute Gasteiger partial charge is 0.0715 e. The van der Waals surface area contributed by atoms with E-state index in [-0.39, 0.29) is 0 Å². The Labute approximate surface area is 251 Å². The van der Waals surface area contributed by atoms with Crippen molar-refractivity contribution in [3.63, 3.8) is 0 Å². The van der Waals surface area contributed by atoms with Gasteiger partial charge in [0.05, 0.1) is 22.4 Å². The maximum absolute atomic E-state index is 5.13. The molecule has 2 aromatic heterocycles. The van der Waals surface area contributed by atoms with Gasteiger partial charge in [-0.15, -0.1) is 0 Å². The van der Waals surface area contributed by atoms with Gasteiger partial charge in [-0.1, -0.05) is 127 Å². The maximum Gasteiger partial charge on any atom is 0.0715 e. The molecule has 2 heteroatoms. The summed E-state index contributed by atoms with van der Waals surface area (Å²) in [4.78, 5) is 5.13. The molecule has 0 aliphatic rings. The van der Waals surface area contributed by atoms with Crippen molar-refractivity contribution in [2.75, 3.05) is 0 Å². The third-order valence-corrected chi connectivity index (χ3v) is 8.16. The summed E-state index contributed by atoms with van der Waals surface area (Å²) in [7, 11) is 0. The zero-order valence-electron chi connectivity index (χ0n) is 23.6. The zero-order valence-corrected chi connectivity index (χ0v) is 23.6. The molecule has 2 heterocycles. The summed E-state index contributed by atoms with van der Waals surface area (Å²) in [6, 6.07) is 60.3. The molecule has 6 aromatic carbocycles. The minimum Gasteiger partial charge on any atom is -0.309 e. The summed E-state index contributed by atoms with van der Waals surface area (Å²) >= 11 is 0. The topological polar surface area (TPSA) is 17.8 Å². The van der Waals surface area contributed by atoms with Crippen molar-refractivity contribution in [2.24, 2.45) is 0 Å². The van der Waals surface area contributed by atoms with E-state index in [0.717, 1.165) is 39.3 Å². The summed E-state index contributed by atoms with van der Waals surface area (Å²) in [5.41, 5.74) is 12.3. The van der Waals surface area contributed by atoms with Crippen LogP contribution in [0.1, 0.15) is 0 Å². The van der Waals surface area contributed by atoms with Gasteiger partial charge in [-0.2, -0.15) is 0 Å². The second kappa shape index (κ2) is 10.6. The van der Waals surface area contributed by atoms with E-state index < -0.39 is 0 Å². The fraction of sp³-hybridized carbons (Fsp3) is 0. The fourth-order valence-electron chi connectivity index (χ4n) is 6.12. The van der Waals surface area contributed by atoms with E-state index in [1.54, 1.807) is 0 Å². The van der Waals surface area contributed by atoms with Crippen LogP contribution in [0.15, 0.2) is 170 Å². The molecule has 8 rings (SSSR count). The van der Waals surface area contributed by atoms with Crippen LogP contribution >= 0.6 is 0 Å². The highest BCUT2D eigenvalue weighted by Crippen LogP contribution is 2.37.